The number of aryl methyl sites for hydroxylation is 2. The number of fused-ring (bicyclic) bond motifs is 1. The lowest BCUT2D eigenvalue weighted by Gasteiger charge is -2.01. The van der Waals surface area contributed by atoms with Crippen LogP contribution in [0.4, 0.5) is 0 Å². The van der Waals surface area contributed by atoms with Crippen molar-refractivity contribution in [3.05, 3.63) is 42.1 Å². The maximum Gasteiger partial charge on any atom is 0.235 e. The minimum Gasteiger partial charge on any atom is -0.196 e. The van der Waals surface area contributed by atoms with Gasteiger partial charge in [-0.25, -0.2) is 0 Å². The summed E-state index contributed by atoms with van der Waals surface area (Å²) < 4.78 is 2.33. The standard InChI is InChI=1S/C12H14N.H2I/c1-3-13-10(2)8-9-11-6-4-5-7-12(11)13;/h4-9H,3H2,1-2H3;1H2/q2*+1. The van der Waals surface area contributed by atoms with E-state index in [0.717, 1.165) is 6.54 Å². The van der Waals surface area contributed by atoms with Crippen LogP contribution in [0, 0.1) is 6.92 Å². The summed E-state index contributed by atoms with van der Waals surface area (Å²) in [5.41, 5.74) is 2.64. The minimum atomic E-state index is 0. The van der Waals surface area contributed by atoms with Gasteiger partial charge in [-0.2, -0.15) is 4.57 Å². The Bertz CT molecular complexity index is 437. The molecule has 0 aliphatic rings. The van der Waals surface area contributed by atoms with E-state index in [9.17, 15) is 0 Å². The highest BCUT2D eigenvalue weighted by atomic mass is 127. The van der Waals surface area contributed by atoms with Gasteiger partial charge in [0.2, 0.25) is 29.5 Å². The van der Waals surface area contributed by atoms with Crippen LogP contribution in [-0.2, 0) is 6.54 Å². The molecule has 0 N–H and O–H groups in total. The molecule has 0 atom stereocenters. The smallest absolute Gasteiger partial charge is 0.196 e. The van der Waals surface area contributed by atoms with E-state index in [0.29, 0.717) is 0 Å². The summed E-state index contributed by atoms with van der Waals surface area (Å²) in [5.74, 6) is 0. The lowest BCUT2D eigenvalue weighted by atomic mass is 10.2. The molecule has 1 aromatic heterocycles. The van der Waals surface area contributed by atoms with Crippen molar-refractivity contribution in [3.63, 3.8) is 0 Å². The highest BCUT2D eigenvalue weighted by Gasteiger charge is 2.08. The lowest BCUT2D eigenvalue weighted by Crippen LogP contribution is -3.00. The monoisotopic (exact) mass is 301 g/mol. The second kappa shape index (κ2) is 4.73. The van der Waals surface area contributed by atoms with Crippen molar-refractivity contribution in [2.75, 3.05) is 0 Å². The van der Waals surface area contributed by atoms with Gasteiger partial charge in [0.1, 0.15) is 6.54 Å². The van der Waals surface area contributed by atoms with Gasteiger partial charge in [0.05, 0.1) is 0 Å². The average Bonchev–Trinajstić information content (AvgIpc) is 2.18. The van der Waals surface area contributed by atoms with Crippen molar-refractivity contribution < 1.29 is 28.5 Å². The molecule has 74 valence electrons. The maximum atomic E-state index is 2.33. The van der Waals surface area contributed by atoms with E-state index in [-0.39, 0.29) is 24.0 Å². The molecule has 1 heterocycles. The van der Waals surface area contributed by atoms with Gasteiger partial charge in [-0.3, -0.25) is 0 Å². The van der Waals surface area contributed by atoms with Gasteiger partial charge < -0.3 is 0 Å². The quantitative estimate of drug-likeness (QED) is 0.466. The number of rotatable bonds is 1. The Morgan fingerprint density at radius 3 is 2.50 bits per heavy atom. The number of pyridine rings is 1. The molecule has 0 bridgehead atoms. The summed E-state index contributed by atoms with van der Waals surface area (Å²) in [6, 6.07) is 12.8. The molecular formula is C12H16IN+2. The highest BCUT2D eigenvalue weighted by Crippen LogP contribution is 2.09. The van der Waals surface area contributed by atoms with Gasteiger partial charge in [-0.15, -0.1) is 0 Å². The predicted molar refractivity (Wildman–Crippen MR) is 57.3 cm³/mol. The predicted octanol–water partition coefficient (Wildman–Crippen LogP) is -1.08. The van der Waals surface area contributed by atoms with Gasteiger partial charge in [0.15, 0.2) is 5.69 Å². The molecular weight excluding hydrogens is 285 g/mol. The average molecular weight is 301 g/mol. The number of hydrogen-bond acceptors (Lipinski definition) is 0. The van der Waals surface area contributed by atoms with E-state index in [2.05, 4.69) is 54.8 Å². The third kappa shape index (κ3) is 1.90. The van der Waals surface area contributed by atoms with Crippen molar-refractivity contribution in [2.24, 2.45) is 0 Å². The van der Waals surface area contributed by atoms with Gasteiger partial charge in [0, 0.05) is 24.4 Å². The molecule has 1 nitrogen and oxygen atoms in total. The zero-order chi connectivity index (χ0) is 9.26. The van der Waals surface area contributed by atoms with Crippen LogP contribution >= 0.6 is 0 Å². The summed E-state index contributed by atoms with van der Waals surface area (Å²) >= 11 is 0. The normalized spacial score (nSPS) is 9.86. The van der Waals surface area contributed by atoms with Crippen molar-refractivity contribution in [1.29, 1.82) is 0 Å². The number of benzene rings is 1. The second-order valence-electron chi connectivity index (χ2n) is 3.28. The van der Waals surface area contributed by atoms with Crippen LogP contribution in [0.15, 0.2) is 36.4 Å². The molecule has 2 heteroatoms. The van der Waals surface area contributed by atoms with Crippen molar-refractivity contribution in [1.82, 2.24) is 0 Å². The van der Waals surface area contributed by atoms with E-state index in [1.165, 1.54) is 16.6 Å². The first-order valence-electron chi connectivity index (χ1n) is 4.71. The summed E-state index contributed by atoms with van der Waals surface area (Å²) in [4.78, 5) is 0. The van der Waals surface area contributed by atoms with Crippen LogP contribution in [0.5, 0.6) is 0 Å². The molecule has 2 rings (SSSR count). The SMILES string of the molecule is CC[n+]1c(C)ccc2ccccc21.[IH2+]. The Kier molecular flexibility index (Phi) is 3.86. The first-order valence-corrected chi connectivity index (χ1v) is 4.71. The van der Waals surface area contributed by atoms with Crippen molar-refractivity contribution in [3.8, 4) is 0 Å². The minimum absolute atomic E-state index is 0. The largest absolute Gasteiger partial charge is 0.235 e. The third-order valence-electron chi connectivity index (χ3n) is 2.47. The van der Waals surface area contributed by atoms with Gasteiger partial charge in [-0.05, 0) is 19.1 Å². The third-order valence-corrected chi connectivity index (χ3v) is 2.47. The summed E-state index contributed by atoms with van der Waals surface area (Å²) in [6.45, 7) is 5.36. The van der Waals surface area contributed by atoms with Crippen molar-refractivity contribution >= 4 is 10.9 Å². The Morgan fingerprint density at radius 1 is 1.07 bits per heavy atom. The summed E-state index contributed by atoms with van der Waals surface area (Å²) in [6.07, 6.45) is 0. The van der Waals surface area contributed by atoms with Crippen LogP contribution in [0.25, 0.3) is 10.9 Å². The van der Waals surface area contributed by atoms with Crippen LogP contribution in [0.3, 0.4) is 0 Å². The molecule has 1 aromatic carbocycles. The first-order chi connectivity index (χ1) is 6.33. The molecule has 0 saturated carbocycles. The lowest BCUT2D eigenvalue weighted by molar-refractivity contribution is -0.673. The fourth-order valence-corrected chi connectivity index (χ4v) is 1.78. The van der Waals surface area contributed by atoms with Gasteiger partial charge >= 0.3 is 0 Å². The number of para-hydroxylation sites is 1. The Hall–Kier alpha value is -0.640. The molecule has 2 aromatic rings. The molecule has 0 spiro atoms. The second-order valence-corrected chi connectivity index (χ2v) is 3.28. The summed E-state index contributed by atoms with van der Waals surface area (Å²) in [5, 5.41) is 1.31. The number of nitrogens with zero attached hydrogens (tertiary/aromatic N) is 1. The van der Waals surface area contributed by atoms with Crippen LogP contribution < -0.4 is 28.5 Å². The van der Waals surface area contributed by atoms with E-state index >= 15 is 0 Å². The molecule has 0 aliphatic heterocycles. The molecule has 14 heavy (non-hydrogen) atoms. The van der Waals surface area contributed by atoms with E-state index in [1.807, 2.05) is 0 Å². The zero-order valence-electron chi connectivity index (χ0n) is 8.57. The number of halogens is 1. The van der Waals surface area contributed by atoms with Crippen LogP contribution in [0.1, 0.15) is 12.6 Å². The Balaban J connectivity index is 0.000000980. The van der Waals surface area contributed by atoms with Gasteiger partial charge in [-0.1, -0.05) is 12.1 Å². The Morgan fingerprint density at radius 2 is 1.79 bits per heavy atom. The summed E-state index contributed by atoms with van der Waals surface area (Å²) in [7, 11) is 0. The Labute approximate surface area is 102 Å². The molecule has 0 unspecified atom stereocenters. The maximum absolute atomic E-state index is 2.33. The van der Waals surface area contributed by atoms with Gasteiger partial charge in [0.25, 0.3) is 0 Å². The number of aromatic nitrogens is 1. The molecule has 0 aliphatic carbocycles. The van der Waals surface area contributed by atoms with Crippen molar-refractivity contribution in [2.45, 2.75) is 20.4 Å². The van der Waals surface area contributed by atoms with E-state index < -0.39 is 0 Å². The first kappa shape index (κ1) is 11.4. The molecule has 0 fully saturated rings. The molecule has 0 amide bonds. The van der Waals surface area contributed by atoms with E-state index in [1.54, 1.807) is 0 Å². The molecule has 0 radical (unpaired) electrons. The zero-order valence-corrected chi connectivity index (χ0v) is 11.1. The fraction of sp³-hybridized carbons (Fsp3) is 0.250. The highest BCUT2D eigenvalue weighted by molar-refractivity contribution is 5.75. The fourth-order valence-electron chi connectivity index (χ4n) is 1.78. The van der Waals surface area contributed by atoms with E-state index in [4.69, 9.17) is 0 Å². The number of hydrogen-bond donors (Lipinski definition) is 0. The molecule has 0 saturated heterocycles. The van der Waals surface area contributed by atoms with Crippen LogP contribution in [0.2, 0.25) is 0 Å². The topological polar surface area (TPSA) is 3.88 Å². The van der Waals surface area contributed by atoms with Crippen LogP contribution in [-0.4, -0.2) is 0 Å².